The Hall–Kier alpha value is -1.61. The second kappa shape index (κ2) is 5.41. The fourth-order valence-electron chi connectivity index (χ4n) is 2.99. The number of H-pyrrole nitrogens is 1. The molecule has 1 aromatic heterocycles. The molecule has 2 aromatic rings. The van der Waals surface area contributed by atoms with Crippen LogP contribution in [0.3, 0.4) is 0 Å². The first-order valence-corrected chi connectivity index (χ1v) is 7.51. The number of benzene rings is 1. The van der Waals surface area contributed by atoms with Crippen LogP contribution < -0.4 is 5.73 Å². The lowest BCUT2D eigenvalue weighted by molar-refractivity contribution is 0.386. The molecule has 3 heteroatoms. The van der Waals surface area contributed by atoms with Gasteiger partial charge in [0.25, 0.3) is 0 Å². The van der Waals surface area contributed by atoms with Crippen molar-refractivity contribution in [3.63, 3.8) is 0 Å². The van der Waals surface area contributed by atoms with E-state index in [0.29, 0.717) is 12.0 Å². The maximum Gasteiger partial charge on any atom is 0.109 e. The molecule has 0 spiro atoms. The van der Waals surface area contributed by atoms with Crippen LogP contribution in [0.2, 0.25) is 0 Å². The van der Waals surface area contributed by atoms with Gasteiger partial charge in [0, 0.05) is 12.0 Å². The molecular weight excluding hydrogens is 246 g/mol. The minimum Gasteiger partial charge on any atom is -0.342 e. The predicted molar refractivity (Wildman–Crippen MR) is 82.7 cm³/mol. The Morgan fingerprint density at radius 3 is 2.55 bits per heavy atom. The summed E-state index contributed by atoms with van der Waals surface area (Å²) in [4.78, 5) is 8.11. The van der Waals surface area contributed by atoms with Gasteiger partial charge >= 0.3 is 0 Å². The molecule has 0 bridgehead atoms. The molecule has 0 unspecified atom stereocenters. The zero-order valence-corrected chi connectivity index (χ0v) is 12.3. The van der Waals surface area contributed by atoms with E-state index in [1.807, 2.05) is 6.20 Å². The number of hydrogen-bond donors (Lipinski definition) is 2. The highest BCUT2D eigenvalue weighted by Crippen LogP contribution is 2.31. The van der Waals surface area contributed by atoms with Crippen molar-refractivity contribution in [2.75, 3.05) is 0 Å². The molecule has 1 aromatic carbocycles. The lowest BCUT2D eigenvalue weighted by Gasteiger charge is -2.24. The summed E-state index contributed by atoms with van der Waals surface area (Å²) in [6.45, 7) is 4.29. The highest BCUT2D eigenvalue weighted by Gasteiger charge is 2.22. The highest BCUT2D eigenvalue weighted by molar-refractivity contribution is 5.60. The van der Waals surface area contributed by atoms with Crippen LogP contribution in [0.5, 0.6) is 0 Å². The van der Waals surface area contributed by atoms with Gasteiger partial charge in [-0.15, -0.1) is 0 Å². The van der Waals surface area contributed by atoms with Gasteiger partial charge < -0.3 is 10.7 Å². The summed E-state index contributed by atoms with van der Waals surface area (Å²) in [5.41, 5.74) is 11.0. The molecule has 1 fully saturated rings. The molecule has 1 aliphatic rings. The van der Waals surface area contributed by atoms with Crippen LogP contribution in [-0.4, -0.2) is 16.0 Å². The molecule has 3 rings (SSSR count). The number of nitrogens with zero attached hydrogens (tertiary/aromatic N) is 1. The molecule has 1 saturated carbocycles. The summed E-state index contributed by atoms with van der Waals surface area (Å²) >= 11 is 0. The van der Waals surface area contributed by atoms with E-state index in [1.54, 1.807) is 0 Å². The van der Waals surface area contributed by atoms with Crippen molar-refractivity contribution in [3.05, 3.63) is 41.3 Å². The average Bonchev–Trinajstić information content (AvgIpc) is 2.92. The maximum absolute atomic E-state index is 5.97. The van der Waals surface area contributed by atoms with Crippen LogP contribution >= 0.6 is 0 Å². The Balaban J connectivity index is 1.81. The zero-order valence-electron chi connectivity index (χ0n) is 12.3. The monoisotopic (exact) mass is 269 g/mol. The third-order valence-electron chi connectivity index (χ3n) is 4.57. The van der Waals surface area contributed by atoms with Gasteiger partial charge in [0.2, 0.25) is 0 Å². The second-order valence-electron chi connectivity index (χ2n) is 6.09. The summed E-state index contributed by atoms with van der Waals surface area (Å²) in [6.07, 6.45) is 6.50. The van der Waals surface area contributed by atoms with Crippen LogP contribution in [0.4, 0.5) is 0 Å². The molecular formula is C17H23N3. The summed E-state index contributed by atoms with van der Waals surface area (Å²) in [7, 11) is 0. The minimum absolute atomic E-state index is 0.389. The van der Waals surface area contributed by atoms with Gasteiger partial charge in [-0.1, -0.05) is 12.1 Å². The highest BCUT2D eigenvalue weighted by atomic mass is 14.9. The number of hydrogen-bond acceptors (Lipinski definition) is 2. The molecule has 0 saturated heterocycles. The van der Waals surface area contributed by atoms with Gasteiger partial charge in [0.05, 0.1) is 11.9 Å². The van der Waals surface area contributed by atoms with Crippen molar-refractivity contribution in [1.82, 2.24) is 9.97 Å². The molecule has 0 aliphatic heterocycles. The maximum atomic E-state index is 5.97. The minimum atomic E-state index is 0.389. The SMILES string of the molecule is Cc1ccc(-c2cnc(C3CCC(N)CC3)[nH]2)cc1C. The number of aromatic nitrogens is 2. The van der Waals surface area contributed by atoms with Gasteiger partial charge in [-0.25, -0.2) is 4.98 Å². The van der Waals surface area contributed by atoms with E-state index >= 15 is 0 Å². The van der Waals surface area contributed by atoms with E-state index in [1.165, 1.54) is 16.7 Å². The van der Waals surface area contributed by atoms with E-state index in [-0.39, 0.29) is 0 Å². The summed E-state index contributed by atoms with van der Waals surface area (Å²) in [5, 5.41) is 0. The molecule has 0 radical (unpaired) electrons. The van der Waals surface area contributed by atoms with Crippen molar-refractivity contribution < 1.29 is 0 Å². The Morgan fingerprint density at radius 2 is 1.85 bits per heavy atom. The first-order valence-electron chi connectivity index (χ1n) is 7.51. The van der Waals surface area contributed by atoms with E-state index in [9.17, 15) is 0 Å². The average molecular weight is 269 g/mol. The standard InChI is InChI=1S/C17H23N3/c1-11-3-4-14(9-12(11)2)16-10-19-17(20-16)13-5-7-15(18)8-6-13/h3-4,9-10,13,15H,5-8,18H2,1-2H3,(H,19,20). The number of imidazole rings is 1. The van der Waals surface area contributed by atoms with Gasteiger partial charge in [0.1, 0.15) is 5.82 Å². The van der Waals surface area contributed by atoms with Crippen LogP contribution in [0.1, 0.15) is 48.6 Å². The fraction of sp³-hybridized carbons (Fsp3) is 0.471. The lowest BCUT2D eigenvalue weighted by Crippen LogP contribution is -2.26. The van der Waals surface area contributed by atoms with E-state index in [4.69, 9.17) is 5.73 Å². The van der Waals surface area contributed by atoms with E-state index in [0.717, 1.165) is 37.2 Å². The number of aromatic amines is 1. The zero-order chi connectivity index (χ0) is 14.1. The van der Waals surface area contributed by atoms with Crippen molar-refractivity contribution in [1.29, 1.82) is 0 Å². The lowest BCUT2D eigenvalue weighted by atomic mass is 9.86. The smallest absolute Gasteiger partial charge is 0.109 e. The Kier molecular flexibility index (Phi) is 3.62. The molecule has 0 atom stereocenters. The molecule has 1 aliphatic carbocycles. The molecule has 0 amide bonds. The fourth-order valence-corrected chi connectivity index (χ4v) is 2.99. The normalized spacial score (nSPS) is 22.9. The third kappa shape index (κ3) is 2.63. The van der Waals surface area contributed by atoms with Crippen LogP contribution in [0.25, 0.3) is 11.3 Å². The van der Waals surface area contributed by atoms with Gasteiger partial charge in [0.15, 0.2) is 0 Å². The third-order valence-corrected chi connectivity index (χ3v) is 4.57. The summed E-state index contributed by atoms with van der Waals surface area (Å²) in [6, 6.07) is 6.95. The Morgan fingerprint density at radius 1 is 1.10 bits per heavy atom. The van der Waals surface area contributed by atoms with Crippen LogP contribution in [0, 0.1) is 13.8 Å². The largest absolute Gasteiger partial charge is 0.342 e. The molecule has 3 N–H and O–H groups in total. The van der Waals surface area contributed by atoms with Crippen molar-refractivity contribution >= 4 is 0 Å². The van der Waals surface area contributed by atoms with E-state index in [2.05, 4.69) is 42.0 Å². The first kappa shape index (κ1) is 13.4. The number of aryl methyl sites for hydroxylation is 2. The molecule has 106 valence electrons. The quantitative estimate of drug-likeness (QED) is 0.873. The number of nitrogens with one attached hydrogen (secondary N) is 1. The topological polar surface area (TPSA) is 54.7 Å². The van der Waals surface area contributed by atoms with Gasteiger partial charge in [-0.2, -0.15) is 0 Å². The molecule has 3 nitrogen and oxygen atoms in total. The Labute approximate surface area is 120 Å². The van der Waals surface area contributed by atoms with Gasteiger partial charge in [-0.3, -0.25) is 0 Å². The summed E-state index contributed by atoms with van der Waals surface area (Å²) < 4.78 is 0. The van der Waals surface area contributed by atoms with Crippen molar-refractivity contribution in [2.45, 2.75) is 51.5 Å². The second-order valence-corrected chi connectivity index (χ2v) is 6.09. The molecule has 1 heterocycles. The number of rotatable bonds is 2. The first-order chi connectivity index (χ1) is 9.63. The van der Waals surface area contributed by atoms with Crippen LogP contribution in [-0.2, 0) is 0 Å². The van der Waals surface area contributed by atoms with Gasteiger partial charge in [-0.05, 0) is 62.3 Å². The van der Waals surface area contributed by atoms with Crippen LogP contribution in [0.15, 0.2) is 24.4 Å². The van der Waals surface area contributed by atoms with Crippen molar-refractivity contribution in [2.24, 2.45) is 5.73 Å². The summed E-state index contributed by atoms with van der Waals surface area (Å²) in [5.74, 6) is 1.68. The number of nitrogens with two attached hydrogens (primary N) is 1. The molecule has 20 heavy (non-hydrogen) atoms. The van der Waals surface area contributed by atoms with E-state index < -0.39 is 0 Å². The predicted octanol–water partition coefficient (Wildman–Crippen LogP) is 3.68. The Bertz CT molecular complexity index is 592. The van der Waals surface area contributed by atoms with Crippen molar-refractivity contribution in [3.8, 4) is 11.3 Å².